The van der Waals surface area contributed by atoms with Crippen LogP contribution in [-0.2, 0) is 4.74 Å². The smallest absolute Gasteiger partial charge is 0.339 e. The van der Waals surface area contributed by atoms with Crippen LogP contribution in [-0.4, -0.2) is 12.6 Å². The minimum absolute atomic E-state index is 0.0680. The zero-order valence-corrected chi connectivity index (χ0v) is 8.15. The zero-order chi connectivity index (χ0) is 11.3. The van der Waals surface area contributed by atoms with E-state index in [1.807, 2.05) is 12.1 Å². The van der Waals surface area contributed by atoms with Crippen LogP contribution in [0.4, 0.5) is 0 Å². The van der Waals surface area contributed by atoms with E-state index >= 15 is 0 Å². The van der Waals surface area contributed by atoms with Crippen LogP contribution in [0.5, 0.6) is 0 Å². The van der Waals surface area contributed by atoms with E-state index < -0.39 is 5.97 Å². The Morgan fingerprint density at radius 3 is 2.67 bits per heavy atom. The minimum Gasteiger partial charge on any atom is -0.462 e. The van der Waals surface area contributed by atoms with Crippen LogP contribution in [0.1, 0.15) is 28.4 Å². The highest BCUT2D eigenvalue weighted by Crippen LogP contribution is 2.14. The zero-order valence-electron chi connectivity index (χ0n) is 8.15. The molecular formula is C11H8N2O2. The first-order valence-corrected chi connectivity index (χ1v) is 4.35. The molecule has 0 saturated carbocycles. The van der Waals surface area contributed by atoms with Gasteiger partial charge in [0.15, 0.2) is 0 Å². The SMILES string of the molecule is CCOC(=O)c1cccc(C#N)c1C#N. The molecule has 4 heteroatoms. The Hall–Kier alpha value is -2.33. The van der Waals surface area contributed by atoms with Gasteiger partial charge in [-0.2, -0.15) is 10.5 Å². The highest BCUT2D eigenvalue weighted by Gasteiger charge is 2.15. The molecule has 15 heavy (non-hydrogen) atoms. The van der Waals surface area contributed by atoms with Crippen LogP contribution < -0.4 is 0 Å². The van der Waals surface area contributed by atoms with Gasteiger partial charge in [0, 0.05) is 0 Å². The highest BCUT2D eigenvalue weighted by molar-refractivity contribution is 5.93. The number of benzene rings is 1. The van der Waals surface area contributed by atoms with Crippen LogP contribution in [0.3, 0.4) is 0 Å². The summed E-state index contributed by atoms with van der Waals surface area (Å²) in [4.78, 5) is 11.4. The molecule has 0 radical (unpaired) electrons. The van der Waals surface area contributed by atoms with Gasteiger partial charge in [-0.25, -0.2) is 4.79 Å². The quantitative estimate of drug-likeness (QED) is 0.679. The molecule has 0 aliphatic carbocycles. The predicted molar refractivity (Wildman–Crippen MR) is 51.8 cm³/mol. The second-order valence-corrected chi connectivity index (χ2v) is 2.67. The lowest BCUT2D eigenvalue weighted by molar-refractivity contribution is 0.0526. The van der Waals surface area contributed by atoms with Crippen molar-refractivity contribution in [1.82, 2.24) is 0 Å². The molecule has 1 rings (SSSR count). The first kappa shape index (κ1) is 10.7. The summed E-state index contributed by atoms with van der Waals surface area (Å²) in [6, 6.07) is 8.19. The van der Waals surface area contributed by atoms with E-state index in [4.69, 9.17) is 15.3 Å². The fraction of sp³-hybridized carbons (Fsp3) is 0.182. The summed E-state index contributed by atoms with van der Waals surface area (Å²) in [6.07, 6.45) is 0. The first-order chi connectivity index (χ1) is 7.24. The number of hydrogen-bond acceptors (Lipinski definition) is 4. The van der Waals surface area contributed by atoms with E-state index in [1.165, 1.54) is 12.1 Å². The fourth-order valence-corrected chi connectivity index (χ4v) is 1.14. The molecule has 0 spiro atoms. The van der Waals surface area contributed by atoms with E-state index in [1.54, 1.807) is 13.0 Å². The highest BCUT2D eigenvalue weighted by atomic mass is 16.5. The van der Waals surface area contributed by atoms with Gasteiger partial charge < -0.3 is 4.74 Å². The van der Waals surface area contributed by atoms with Crippen LogP contribution in [0.25, 0.3) is 0 Å². The van der Waals surface area contributed by atoms with E-state index in [2.05, 4.69) is 0 Å². The topological polar surface area (TPSA) is 73.9 Å². The van der Waals surface area contributed by atoms with Crippen molar-refractivity contribution in [3.05, 3.63) is 34.9 Å². The molecule has 1 aromatic rings. The average Bonchev–Trinajstić information content (AvgIpc) is 2.28. The first-order valence-electron chi connectivity index (χ1n) is 4.35. The Kier molecular flexibility index (Phi) is 3.43. The number of nitriles is 2. The number of carbonyl (C=O) groups excluding carboxylic acids is 1. The molecule has 74 valence electrons. The summed E-state index contributed by atoms with van der Waals surface area (Å²) in [5, 5.41) is 17.6. The lowest BCUT2D eigenvalue weighted by Gasteiger charge is -2.03. The number of hydrogen-bond donors (Lipinski definition) is 0. The average molecular weight is 200 g/mol. The Balaban J connectivity index is 3.26. The molecular weight excluding hydrogens is 192 g/mol. The van der Waals surface area contributed by atoms with E-state index in [0.29, 0.717) is 0 Å². The van der Waals surface area contributed by atoms with Crippen molar-refractivity contribution in [1.29, 1.82) is 10.5 Å². The molecule has 0 N–H and O–H groups in total. The Bertz CT molecular complexity index is 466. The molecule has 0 aliphatic rings. The largest absolute Gasteiger partial charge is 0.462 e. The van der Waals surface area contributed by atoms with Gasteiger partial charge >= 0.3 is 5.97 Å². The number of carbonyl (C=O) groups is 1. The van der Waals surface area contributed by atoms with Gasteiger partial charge in [0.1, 0.15) is 12.1 Å². The van der Waals surface area contributed by atoms with Gasteiger partial charge in [-0.3, -0.25) is 0 Å². The lowest BCUT2D eigenvalue weighted by Crippen LogP contribution is -2.07. The van der Waals surface area contributed by atoms with Crippen LogP contribution >= 0.6 is 0 Å². The second-order valence-electron chi connectivity index (χ2n) is 2.67. The molecule has 0 amide bonds. The van der Waals surface area contributed by atoms with Crippen molar-refractivity contribution in [2.45, 2.75) is 6.92 Å². The van der Waals surface area contributed by atoms with Crippen molar-refractivity contribution >= 4 is 5.97 Å². The number of esters is 1. The molecule has 0 aromatic heterocycles. The number of rotatable bonds is 2. The molecule has 0 saturated heterocycles. The van der Waals surface area contributed by atoms with Crippen molar-refractivity contribution in [3.63, 3.8) is 0 Å². The second kappa shape index (κ2) is 4.78. The third-order valence-electron chi connectivity index (χ3n) is 1.79. The summed E-state index contributed by atoms with van der Waals surface area (Å²) < 4.78 is 4.77. The van der Waals surface area contributed by atoms with Gasteiger partial charge in [-0.05, 0) is 19.1 Å². The van der Waals surface area contributed by atoms with Crippen molar-refractivity contribution in [2.24, 2.45) is 0 Å². The summed E-state index contributed by atoms with van der Waals surface area (Å²) in [6.45, 7) is 1.92. The maximum Gasteiger partial charge on any atom is 0.339 e. The maximum absolute atomic E-state index is 11.4. The van der Waals surface area contributed by atoms with E-state index in [0.717, 1.165) is 0 Å². The predicted octanol–water partition coefficient (Wildman–Crippen LogP) is 1.61. The molecule has 0 aliphatic heterocycles. The Morgan fingerprint density at radius 1 is 1.40 bits per heavy atom. The van der Waals surface area contributed by atoms with E-state index in [9.17, 15) is 4.79 Å². The summed E-state index contributed by atoms with van der Waals surface area (Å²) in [5.41, 5.74) is 0.389. The van der Waals surface area contributed by atoms with Crippen molar-refractivity contribution in [2.75, 3.05) is 6.61 Å². The monoisotopic (exact) mass is 200 g/mol. The molecule has 1 aromatic carbocycles. The third kappa shape index (κ3) is 2.12. The lowest BCUT2D eigenvalue weighted by atomic mass is 10.0. The molecule has 0 atom stereocenters. The summed E-state index contributed by atoms with van der Waals surface area (Å²) in [5.74, 6) is -0.578. The van der Waals surface area contributed by atoms with Gasteiger partial charge in [0.2, 0.25) is 0 Å². The molecule has 4 nitrogen and oxygen atoms in total. The van der Waals surface area contributed by atoms with Gasteiger partial charge in [-0.1, -0.05) is 6.07 Å². The molecule has 0 unspecified atom stereocenters. The van der Waals surface area contributed by atoms with Gasteiger partial charge in [-0.15, -0.1) is 0 Å². The molecule has 0 heterocycles. The van der Waals surface area contributed by atoms with Crippen LogP contribution in [0.15, 0.2) is 18.2 Å². The minimum atomic E-state index is -0.578. The fourth-order valence-electron chi connectivity index (χ4n) is 1.14. The third-order valence-corrected chi connectivity index (χ3v) is 1.79. The number of ether oxygens (including phenoxy) is 1. The summed E-state index contributed by atoms with van der Waals surface area (Å²) >= 11 is 0. The van der Waals surface area contributed by atoms with Crippen LogP contribution in [0.2, 0.25) is 0 Å². The summed E-state index contributed by atoms with van der Waals surface area (Å²) in [7, 11) is 0. The normalized spacial score (nSPS) is 8.73. The van der Waals surface area contributed by atoms with Crippen LogP contribution in [0, 0.1) is 22.7 Å². The van der Waals surface area contributed by atoms with E-state index in [-0.39, 0.29) is 23.3 Å². The number of nitrogens with zero attached hydrogens (tertiary/aromatic N) is 2. The Morgan fingerprint density at radius 2 is 2.13 bits per heavy atom. The van der Waals surface area contributed by atoms with Gasteiger partial charge in [0.05, 0.1) is 23.3 Å². The van der Waals surface area contributed by atoms with Crippen molar-refractivity contribution in [3.8, 4) is 12.1 Å². The van der Waals surface area contributed by atoms with Crippen molar-refractivity contribution < 1.29 is 9.53 Å². The van der Waals surface area contributed by atoms with Gasteiger partial charge in [0.25, 0.3) is 0 Å². The molecule has 0 bridgehead atoms. The maximum atomic E-state index is 11.4. The standard InChI is InChI=1S/C11H8N2O2/c1-2-15-11(14)9-5-3-4-8(6-12)10(9)7-13/h3-5H,2H2,1H3. The Labute approximate surface area is 87.3 Å². The molecule has 0 fully saturated rings.